The normalized spacial score (nSPS) is 25.8. The van der Waals surface area contributed by atoms with Gasteiger partial charge in [-0.3, -0.25) is 4.79 Å². The number of aryl methyl sites for hydroxylation is 1. The highest BCUT2D eigenvalue weighted by molar-refractivity contribution is 6.29. The Labute approximate surface area is 123 Å². The van der Waals surface area contributed by atoms with E-state index in [4.69, 9.17) is 16.1 Å². The van der Waals surface area contributed by atoms with Crippen LogP contribution in [0.4, 0.5) is 0 Å². The molecule has 0 aromatic carbocycles. The van der Waals surface area contributed by atoms with Gasteiger partial charge in [-0.1, -0.05) is 5.16 Å². The number of carbonyl (C=O) groups excluding carboxylic acids is 1. The average Bonchev–Trinajstić information content (AvgIpc) is 2.86. The quantitative estimate of drug-likeness (QED) is 0.926. The summed E-state index contributed by atoms with van der Waals surface area (Å²) < 4.78 is 4.93. The van der Waals surface area contributed by atoms with Crippen LogP contribution in [0.1, 0.15) is 36.9 Å². The van der Waals surface area contributed by atoms with Gasteiger partial charge in [-0.15, -0.1) is 0 Å². The molecule has 2 aliphatic heterocycles. The third-order valence-corrected chi connectivity index (χ3v) is 4.76. The predicted octanol–water partition coefficient (Wildman–Crippen LogP) is 1.92. The average molecular weight is 298 g/mol. The molecule has 1 N–H and O–H groups in total. The third-order valence-electron chi connectivity index (χ3n) is 4.47. The smallest absolute Gasteiger partial charge is 0.229 e. The van der Waals surface area contributed by atoms with Crippen molar-refractivity contribution in [1.29, 1.82) is 0 Å². The van der Waals surface area contributed by atoms with E-state index in [0.29, 0.717) is 30.1 Å². The summed E-state index contributed by atoms with van der Waals surface area (Å²) in [6.07, 6.45) is 4.42. The Balaban J connectivity index is 1.64. The lowest BCUT2D eigenvalue weighted by molar-refractivity contribution is -0.133. The standard InChI is InChI=1S/C14H20ClN3O2/c1-9-12(14(15)20-17-9)4-5-13(19)18-10-2-3-11(18)8-16-7-6-10/h10-11,16H,2-8H2,1H3. The zero-order valence-corrected chi connectivity index (χ0v) is 12.4. The molecule has 6 heteroatoms. The van der Waals surface area contributed by atoms with Gasteiger partial charge in [-0.2, -0.15) is 0 Å². The van der Waals surface area contributed by atoms with Crippen LogP contribution in [0.25, 0.3) is 0 Å². The van der Waals surface area contributed by atoms with Crippen LogP contribution in [0.3, 0.4) is 0 Å². The Hall–Kier alpha value is -1.07. The molecule has 2 aliphatic rings. The number of aromatic nitrogens is 1. The van der Waals surface area contributed by atoms with Gasteiger partial charge in [-0.25, -0.2) is 0 Å². The third kappa shape index (κ3) is 2.56. The highest BCUT2D eigenvalue weighted by atomic mass is 35.5. The fraction of sp³-hybridized carbons (Fsp3) is 0.714. The first-order valence-electron chi connectivity index (χ1n) is 7.29. The number of nitrogens with zero attached hydrogens (tertiary/aromatic N) is 2. The van der Waals surface area contributed by atoms with Crippen LogP contribution >= 0.6 is 11.6 Å². The van der Waals surface area contributed by atoms with E-state index in [1.165, 1.54) is 0 Å². The highest BCUT2D eigenvalue weighted by Gasteiger charge is 2.37. The van der Waals surface area contributed by atoms with Crippen LogP contribution in [0.5, 0.6) is 0 Å². The van der Waals surface area contributed by atoms with Gasteiger partial charge in [-0.05, 0) is 50.8 Å². The van der Waals surface area contributed by atoms with Crippen LogP contribution in [-0.4, -0.2) is 41.1 Å². The molecular weight excluding hydrogens is 278 g/mol. The summed E-state index contributed by atoms with van der Waals surface area (Å²) >= 11 is 5.95. The minimum atomic E-state index is 0.234. The van der Waals surface area contributed by atoms with E-state index in [1.54, 1.807) is 0 Å². The van der Waals surface area contributed by atoms with Gasteiger partial charge in [0.25, 0.3) is 0 Å². The van der Waals surface area contributed by atoms with Gasteiger partial charge in [0.2, 0.25) is 11.1 Å². The zero-order valence-electron chi connectivity index (χ0n) is 11.7. The molecule has 2 saturated heterocycles. The summed E-state index contributed by atoms with van der Waals surface area (Å²) in [6, 6.07) is 0.788. The summed E-state index contributed by atoms with van der Waals surface area (Å²) in [5.41, 5.74) is 1.64. The van der Waals surface area contributed by atoms with Crippen molar-refractivity contribution < 1.29 is 9.32 Å². The summed E-state index contributed by atoms with van der Waals surface area (Å²) in [7, 11) is 0. The Morgan fingerprint density at radius 2 is 2.25 bits per heavy atom. The number of fused-ring (bicyclic) bond motifs is 2. The van der Waals surface area contributed by atoms with Crippen molar-refractivity contribution >= 4 is 17.5 Å². The molecule has 1 aromatic rings. The van der Waals surface area contributed by atoms with Crippen molar-refractivity contribution in [2.75, 3.05) is 13.1 Å². The monoisotopic (exact) mass is 297 g/mol. The molecule has 0 radical (unpaired) electrons. The molecule has 0 saturated carbocycles. The number of amides is 1. The van der Waals surface area contributed by atoms with Gasteiger partial charge in [0, 0.05) is 30.6 Å². The van der Waals surface area contributed by atoms with Crippen LogP contribution in [0, 0.1) is 6.92 Å². The molecule has 20 heavy (non-hydrogen) atoms. The van der Waals surface area contributed by atoms with Crippen molar-refractivity contribution in [3.8, 4) is 0 Å². The zero-order chi connectivity index (χ0) is 14.1. The maximum Gasteiger partial charge on any atom is 0.229 e. The van der Waals surface area contributed by atoms with Gasteiger partial charge in [0.15, 0.2) is 0 Å². The number of halogens is 1. The number of rotatable bonds is 3. The second-order valence-corrected chi connectivity index (χ2v) is 6.04. The largest absolute Gasteiger partial charge is 0.344 e. The number of nitrogens with one attached hydrogen (secondary N) is 1. The predicted molar refractivity (Wildman–Crippen MR) is 75.7 cm³/mol. The molecule has 1 amide bonds. The number of hydrogen-bond acceptors (Lipinski definition) is 4. The van der Waals surface area contributed by atoms with E-state index in [-0.39, 0.29) is 5.91 Å². The Morgan fingerprint density at radius 1 is 1.45 bits per heavy atom. The molecule has 0 aliphatic carbocycles. The number of hydrogen-bond donors (Lipinski definition) is 1. The SMILES string of the molecule is Cc1noc(Cl)c1CCC(=O)N1C2CCNCC1CC2. The van der Waals surface area contributed by atoms with Crippen molar-refractivity contribution in [2.24, 2.45) is 0 Å². The first kappa shape index (κ1) is 13.9. The van der Waals surface area contributed by atoms with E-state index in [0.717, 1.165) is 43.6 Å². The van der Waals surface area contributed by atoms with E-state index >= 15 is 0 Å². The van der Waals surface area contributed by atoms with Crippen LogP contribution in [-0.2, 0) is 11.2 Å². The second kappa shape index (κ2) is 5.74. The fourth-order valence-corrected chi connectivity index (χ4v) is 3.66. The van der Waals surface area contributed by atoms with Crippen molar-refractivity contribution in [1.82, 2.24) is 15.4 Å². The molecule has 110 valence electrons. The minimum absolute atomic E-state index is 0.234. The Morgan fingerprint density at radius 3 is 3.00 bits per heavy atom. The highest BCUT2D eigenvalue weighted by Crippen LogP contribution is 2.29. The molecule has 0 spiro atoms. The molecule has 5 nitrogen and oxygen atoms in total. The van der Waals surface area contributed by atoms with Crippen LogP contribution in [0.2, 0.25) is 5.22 Å². The summed E-state index contributed by atoms with van der Waals surface area (Å²) in [5.74, 6) is 0.234. The lowest BCUT2D eigenvalue weighted by atomic mass is 10.1. The molecule has 1 aromatic heterocycles. The minimum Gasteiger partial charge on any atom is -0.344 e. The van der Waals surface area contributed by atoms with Crippen molar-refractivity contribution in [2.45, 2.75) is 51.1 Å². The van der Waals surface area contributed by atoms with Crippen LogP contribution in [0.15, 0.2) is 4.52 Å². The first-order valence-corrected chi connectivity index (χ1v) is 7.67. The fourth-order valence-electron chi connectivity index (χ4n) is 3.39. The van der Waals surface area contributed by atoms with Gasteiger partial charge in [0.05, 0.1) is 5.69 Å². The lowest BCUT2D eigenvalue weighted by Gasteiger charge is -2.28. The van der Waals surface area contributed by atoms with E-state index in [2.05, 4.69) is 15.4 Å². The molecule has 2 fully saturated rings. The van der Waals surface area contributed by atoms with E-state index in [1.807, 2.05) is 6.92 Å². The maximum atomic E-state index is 12.5. The topological polar surface area (TPSA) is 58.4 Å². The van der Waals surface area contributed by atoms with Gasteiger partial charge < -0.3 is 14.7 Å². The summed E-state index contributed by atoms with van der Waals surface area (Å²) in [4.78, 5) is 14.6. The molecular formula is C14H20ClN3O2. The first-order chi connectivity index (χ1) is 9.66. The summed E-state index contributed by atoms with van der Waals surface area (Å²) in [5, 5.41) is 7.55. The number of carbonyl (C=O) groups is 1. The Kier molecular flexibility index (Phi) is 3.98. The van der Waals surface area contributed by atoms with Gasteiger partial charge >= 0.3 is 0 Å². The Bertz CT molecular complexity index is 469. The summed E-state index contributed by atoms with van der Waals surface area (Å²) in [6.45, 7) is 3.80. The maximum absolute atomic E-state index is 12.5. The van der Waals surface area contributed by atoms with Crippen LogP contribution < -0.4 is 5.32 Å². The molecule has 3 heterocycles. The molecule has 3 rings (SSSR count). The van der Waals surface area contributed by atoms with E-state index < -0.39 is 0 Å². The molecule has 2 atom stereocenters. The van der Waals surface area contributed by atoms with Gasteiger partial charge in [0.1, 0.15) is 0 Å². The van der Waals surface area contributed by atoms with Crippen molar-refractivity contribution in [3.63, 3.8) is 0 Å². The van der Waals surface area contributed by atoms with Crippen molar-refractivity contribution in [3.05, 3.63) is 16.5 Å². The molecule has 2 bridgehead atoms. The second-order valence-electron chi connectivity index (χ2n) is 5.70. The van der Waals surface area contributed by atoms with E-state index in [9.17, 15) is 4.79 Å². The lowest BCUT2D eigenvalue weighted by Crippen LogP contribution is -2.42. The molecule has 2 unspecified atom stereocenters.